The lowest BCUT2D eigenvalue weighted by Gasteiger charge is -2.46. The van der Waals surface area contributed by atoms with E-state index in [1.165, 1.54) is 44.7 Å². The Morgan fingerprint density at radius 1 is 0.957 bits per heavy atom. The van der Waals surface area contributed by atoms with Crippen molar-refractivity contribution >= 4 is 0 Å². The first kappa shape index (κ1) is 40.8. The van der Waals surface area contributed by atoms with E-state index in [2.05, 4.69) is 127 Å². The molecule has 1 aliphatic heterocycles. The first-order valence-corrected chi connectivity index (χ1v) is 17.6. The Kier molecular flexibility index (Phi) is 17.2. The predicted octanol–water partition coefficient (Wildman–Crippen LogP) is 12.2. The molecule has 0 aromatic heterocycles. The fourth-order valence-electron chi connectivity index (χ4n) is 6.43. The predicted molar refractivity (Wildman–Crippen MR) is 208 cm³/mol. The fraction of sp³-hybridized carbons (Fsp3) is 0.500. The zero-order chi connectivity index (χ0) is 35.1. The number of aryl methyl sites for hydroxylation is 2. The maximum Gasteiger partial charge on any atom is 0.0286 e. The number of piperidine rings is 1. The highest BCUT2D eigenvalue weighted by atomic mass is 15.1. The number of rotatable bonds is 13. The summed E-state index contributed by atoms with van der Waals surface area (Å²) in [6.45, 7) is 45.0. The number of likely N-dealkylation sites (tertiary alicyclic amines) is 1. The van der Waals surface area contributed by atoms with Crippen LogP contribution in [-0.2, 0) is 12.8 Å². The molecule has 2 nitrogen and oxygen atoms in total. The van der Waals surface area contributed by atoms with Crippen LogP contribution in [0.25, 0.3) is 0 Å². The number of allylic oxidation sites excluding steroid dienone is 5. The molecular weight excluding hydrogens is 556 g/mol. The fourth-order valence-corrected chi connectivity index (χ4v) is 6.43. The quantitative estimate of drug-likeness (QED) is 0.176. The second-order valence-corrected chi connectivity index (χ2v) is 14.0. The molecule has 1 saturated heterocycles. The number of benzene rings is 2. The molecule has 0 bridgehead atoms. The summed E-state index contributed by atoms with van der Waals surface area (Å²) in [7, 11) is 0. The zero-order valence-electron chi connectivity index (χ0n) is 31.5. The smallest absolute Gasteiger partial charge is 0.0286 e. The third kappa shape index (κ3) is 12.5. The maximum atomic E-state index is 4.78. The van der Waals surface area contributed by atoms with Crippen LogP contribution in [-0.4, -0.2) is 23.5 Å². The Hall–Kier alpha value is -3.26. The van der Waals surface area contributed by atoms with Crippen molar-refractivity contribution in [2.75, 3.05) is 13.1 Å². The summed E-state index contributed by atoms with van der Waals surface area (Å²) < 4.78 is 0. The van der Waals surface area contributed by atoms with Crippen LogP contribution < -0.4 is 5.32 Å². The van der Waals surface area contributed by atoms with Crippen LogP contribution in [0.4, 0.5) is 0 Å². The summed E-state index contributed by atoms with van der Waals surface area (Å²) in [5, 5.41) is 3.51. The minimum Gasteiger partial charge on any atom is -0.384 e. The van der Waals surface area contributed by atoms with Crippen molar-refractivity contribution in [2.24, 2.45) is 5.41 Å². The van der Waals surface area contributed by atoms with Gasteiger partial charge in [0.1, 0.15) is 0 Å². The van der Waals surface area contributed by atoms with E-state index in [9.17, 15) is 0 Å². The van der Waals surface area contributed by atoms with Crippen LogP contribution >= 0.6 is 0 Å². The summed E-state index contributed by atoms with van der Waals surface area (Å²) in [5.41, 5.74) is 11.7. The molecule has 0 amide bonds. The van der Waals surface area contributed by atoms with Crippen LogP contribution in [0, 0.1) is 19.3 Å². The molecule has 1 fully saturated rings. The van der Waals surface area contributed by atoms with Gasteiger partial charge in [0.25, 0.3) is 0 Å². The molecule has 3 rings (SSSR count). The molecule has 0 spiro atoms. The van der Waals surface area contributed by atoms with Gasteiger partial charge in [0.05, 0.1) is 0 Å². The summed E-state index contributed by atoms with van der Waals surface area (Å²) >= 11 is 0. The van der Waals surface area contributed by atoms with E-state index in [0.717, 1.165) is 63.7 Å². The number of nitrogens with zero attached hydrogens (tertiary/aromatic N) is 1. The van der Waals surface area contributed by atoms with E-state index < -0.39 is 0 Å². The van der Waals surface area contributed by atoms with Gasteiger partial charge in [-0.05, 0) is 137 Å². The highest BCUT2D eigenvalue weighted by Gasteiger charge is 2.39. The molecule has 2 aromatic rings. The topological polar surface area (TPSA) is 15.3 Å². The van der Waals surface area contributed by atoms with Crippen molar-refractivity contribution in [1.29, 1.82) is 0 Å². The summed E-state index contributed by atoms with van der Waals surface area (Å²) in [6, 6.07) is 15.9. The number of hydrogen-bond donors (Lipinski definition) is 1. The van der Waals surface area contributed by atoms with E-state index in [0.29, 0.717) is 5.92 Å². The van der Waals surface area contributed by atoms with Gasteiger partial charge < -0.3 is 10.2 Å². The second-order valence-electron chi connectivity index (χ2n) is 14.0. The maximum absolute atomic E-state index is 4.78. The van der Waals surface area contributed by atoms with Crippen molar-refractivity contribution in [3.05, 3.63) is 132 Å². The molecule has 1 N–H and O–H groups in total. The van der Waals surface area contributed by atoms with Crippen molar-refractivity contribution < 1.29 is 0 Å². The van der Waals surface area contributed by atoms with Gasteiger partial charge >= 0.3 is 0 Å². The molecule has 0 aliphatic carbocycles. The molecule has 1 atom stereocenters. The minimum absolute atomic E-state index is 0.0336. The normalized spacial score (nSPS) is 14.4. The van der Waals surface area contributed by atoms with Crippen LogP contribution in [0.5, 0.6) is 0 Å². The first-order chi connectivity index (χ1) is 21.7. The van der Waals surface area contributed by atoms with E-state index in [-0.39, 0.29) is 11.0 Å². The molecule has 2 heteroatoms. The van der Waals surface area contributed by atoms with Crippen LogP contribution in [0.1, 0.15) is 121 Å². The Bertz CT molecular complexity index is 1280. The van der Waals surface area contributed by atoms with E-state index >= 15 is 0 Å². The summed E-state index contributed by atoms with van der Waals surface area (Å²) in [4.78, 5) is 2.50. The SMILES string of the molecule is C=C(CCC(=C)N1CCC(CC(C)c2ccc(CC)cc2)(C(=C)C(=C)Cc2cccc(C)c2C)CC1)NC(C)(C)C.C=CC.CC. The van der Waals surface area contributed by atoms with E-state index in [1.54, 1.807) is 6.08 Å². The Morgan fingerprint density at radius 3 is 2.04 bits per heavy atom. The van der Waals surface area contributed by atoms with Crippen molar-refractivity contribution in [3.8, 4) is 0 Å². The van der Waals surface area contributed by atoms with Crippen molar-refractivity contribution in [2.45, 2.75) is 126 Å². The molecule has 1 aliphatic rings. The number of nitrogens with one attached hydrogen (secondary N) is 1. The standard InChI is InChI=1S/C39H56N2.C3H6.C2H6/c1-12-35-18-20-36(21-19-35)30(4)27-39(34(8)29(3)26-37-15-13-14-28(2)33(37)7)22-24-41(25-23-39)32(6)17-16-31(5)40-38(9,10)11;1-3-2;1-2/h13-15,18-21,30,40H,3,5-6,8,12,16-17,22-27H2,1-2,4,7,9-11H3;3H,1H2,2H3;1-2H3. The van der Waals surface area contributed by atoms with E-state index in [1.807, 2.05) is 20.8 Å². The van der Waals surface area contributed by atoms with Gasteiger partial charge in [0, 0.05) is 30.0 Å². The lowest BCUT2D eigenvalue weighted by Crippen LogP contribution is -2.41. The zero-order valence-corrected chi connectivity index (χ0v) is 31.5. The molecule has 1 unspecified atom stereocenters. The van der Waals surface area contributed by atoms with Crippen LogP contribution in [0.3, 0.4) is 0 Å². The monoisotopic (exact) mass is 625 g/mol. The van der Waals surface area contributed by atoms with Gasteiger partial charge in [0.15, 0.2) is 0 Å². The highest BCUT2D eigenvalue weighted by Crippen LogP contribution is 2.48. The van der Waals surface area contributed by atoms with Crippen LogP contribution in [0.15, 0.2) is 104 Å². The molecular formula is C44H68N2. The average Bonchev–Trinajstić information content (AvgIpc) is 3.02. The molecule has 2 aromatic carbocycles. The van der Waals surface area contributed by atoms with Crippen molar-refractivity contribution in [3.63, 3.8) is 0 Å². The molecule has 1 heterocycles. The van der Waals surface area contributed by atoms with Gasteiger partial charge in [-0.25, -0.2) is 0 Å². The third-order valence-electron chi connectivity index (χ3n) is 9.28. The highest BCUT2D eigenvalue weighted by molar-refractivity contribution is 5.42. The lowest BCUT2D eigenvalue weighted by atomic mass is 9.64. The average molecular weight is 625 g/mol. The molecule has 254 valence electrons. The van der Waals surface area contributed by atoms with Gasteiger partial charge in [-0.3, -0.25) is 0 Å². The van der Waals surface area contributed by atoms with Gasteiger partial charge in [-0.2, -0.15) is 0 Å². The molecule has 46 heavy (non-hydrogen) atoms. The van der Waals surface area contributed by atoms with E-state index in [4.69, 9.17) is 6.58 Å². The lowest BCUT2D eigenvalue weighted by molar-refractivity contribution is 0.143. The van der Waals surface area contributed by atoms with Gasteiger partial charge in [-0.15, -0.1) is 6.58 Å². The Morgan fingerprint density at radius 2 is 1.52 bits per heavy atom. The van der Waals surface area contributed by atoms with Crippen LogP contribution in [0.2, 0.25) is 0 Å². The molecule has 0 radical (unpaired) electrons. The van der Waals surface area contributed by atoms with Crippen molar-refractivity contribution in [1.82, 2.24) is 10.2 Å². The minimum atomic E-state index is 0.0336. The largest absolute Gasteiger partial charge is 0.384 e. The second kappa shape index (κ2) is 19.4. The summed E-state index contributed by atoms with van der Waals surface area (Å²) in [5.74, 6) is 0.452. The first-order valence-electron chi connectivity index (χ1n) is 17.6. The van der Waals surface area contributed by atoms with Gasteiger partial charge in [-0.1, -0.05) is 103 Å². The third-order valence-corrected chi connectivity index (χ3v) is 9.28. The summed E-state index contributed by atoms with van der Waals surface area (Å²) in [6.07, 6.45) is 8.80. The van der Waals surface area contributed by atoms with Gasteiger partial charge in [0.2, 0.25) is 0 Å². The number of hydrogen-bond acceptors (Lipinski definition) is 2. The Labute approximate surface area is 285 Å². The molecule has 0 saturated carbocycles. The Balaban J connectivity index is 0.00000199.